The normalized spacial score (nSPS) is 12.6. The lowest BCUT2D eigenvalue weighted by molar-refractivity contribution is -0.0880. The van der Waals surface area contributed by atoms with E-state index in [0.29, 0.717) is 0 Å². The topological polar surface area (TPSA) is 0 Å². The number of hydrogen-bond donors (Lipinski definition) is 0. The lowest BCUT2D eigenvalue weighted by Gasteiger charge is -2.11. The van der Waals surface area contributed by atoms with Gasteiger partial charge in [-0.2, -0.15) is 13.2 Å². The van der Waals surface area contributed by atoms with Gasteiger partial charge in [-0.05, 0) is 17.9 Å². The second-order valence-corrected chi connectivity index (χ2v) is 3.95. The van der Waals surface area contributed by atoms with Crippen LogP contribution in [-0.4, -0.2) is 12.4 Å². The van der Waals surface area contributed by atoms with Crippen molar-refractivity contribution in [2.75, 3.05) is 6.26 Å². The summed E-state index contributed by atoms with van der Waals surface area (Å²) in [6, 6.07) is 8.87. The number of thioether (sulfide) groups is 1. The van der Waals surface area contributed by atoms with Crippen molar-refractivity contribution < 1.29 is 13.2 Å². The van der Waals surface area contributed by atoms with E-state index in [4.69, 9.17) is 0 Å². The van der Waals surface area contributed by atoms with Gasteiger partial charge in [-0.1, -0.05) is 36.9 Å². The fraction of sp³-hybridized carbons (Fsp3) is 0.167. The quantitative estimate of drug-likeness (QED) is 0.705. The van der Waals surface area contributed by atoms with Crippen LogP contribution >= 0.6 is 11.8 Å². The first-order chi connectivity index (χ1) is 7.45. The zero-order valence-corrected chi connectivity index (χ0v) is 9.53. The molecule has 0 fully saturated rings. The smallest absolute Gasteiger partial charge is 0.166 e. The molecule has 86 valence electrons. The van der Waals surface area contributed by atoms with Gasteiger partial charge in [0, 0.05) is 4.91 Å². The van der Waals surface area contributed by atoms with Gasteiger partial charge < -0.3 is 0 Å². The van der Waals surface area contributed by atoms with Crippen molar-refractivity contribution in [1.29, 1.82) is 0 Å². The van der Waals surface area contributed by atoms with E-state index >= 15 is 0 Å². The van der Waals surface area contributed by atoms with E-state index in [-0.39, 0.29) is 4.91 Å². The van der Waals surface area contributed by atoms with Gasteiger partial charge in [0.25, 0.3) is 0 Å². The van der Waals surface area contributed by atoms with E-state index in [0.717, 1.165) is 17.3 Å². The Kier molecular flexibility index (Phi) is 4.24. The van der Waals surface area contributed by atoms with Gasteiger partial charge in [0.1, 0.15) is 0 Å². The van der Waals surface area contributed by atoms with Gasteiger partial charge in [0.2, 0.25) is 0 Å². The molecule has 0 spiro atoms. The Morgan fingerprint density at radius 3 is 2.25 bits per heavy atom. The summed E-state index contributed by atoms with van der Waals surface area (Å²) in [5.74, 6) is 0. The van der Waals surface area contributed by atoms with Gasteiger partial charge in [0.05, 0.1) is 5.57 Å². The molecule has 1 aromatic rings. The molecule has 0 aliphatic rings. The van der Waals surface area contributed by atoms with Gasteiger partial charge >= 0.3 is 6.18 Å². The number of halogens is 3. The Bertz CT molecular complexity index is 390. The molecule has 0 saturated carbocycles. The molecule has 0 atom stereocenters. The number of benzene rings is 1. The molecule has 0 saturated heterocycles. The highest BCUT2D eigenvalue weighted by Crippen LogP contribution is 2.35. The monoisotopic (exact) mass is 244 g/mol. The fourth-order valence-electron chi connectivity index (χ4n) is 1.11. The highest BCUT2D eigenvalue weighted by molar-refractivity contribution is 8.02. The third kappa shape index (κ3) is 3.45. The first-order valence-electron chi connectivity index (χ1n) is 4.52. The zero-order valence-electron chi connectivity index (χ0n) is 8.71. The van der Waals surface area contributed by atoms with Crippen LogP contribution in [0.25, 0.3) is 6.08 Å². The average Bonchev–Trinajstić information content (AvgIpc) is 2.25. The molecule has 0 aliphatic carbocycles. The SMILES string of the molecule is C=C(/C(=C/c1ccccc1)SC)C(F)(F)F. The minimum atomic E-state index is -4.37. The number of alkyl halides is 3. The summed E-state index contributed by atoms with van der Waals surface area (Å²) in [6.07, 6.45) is -1.28. The maximum Gasteiger partial charge on any atom is 0.416 e. The van der Waals surface area contributed by atoms with Crippen molar-refractivity contribution in [2.24, 2.45) is 0 Å². The molecule has 1 aromatic carbocycles. The predicted molar refractivity (Wildman–Crippen MR) is 63.1 cm³/mol. The zero-order chi connectivity index (χ0) is 12.2. The van der Waals surface area contributed by atoms with E-state index < -0.39 is 11.7 Å². The summed E-state index contributed by atoms with van der Waals surface area (Å²) in [7, 11) is 0. The second-order valence-electron chi connectivity index (χ2n) is 3.10. The molecule has 0 aromatic heterocycles. The maximum atomic E-state index is 12.4. The summed E-state index contributed by atoms with van der Waals surface area (Å²) in [5.41, 5.74) is -0.0684. The Labute approximate surface area is 96.9 Å². The van der Waals surface area contributed by atoms with Crippen LogP contribution in [0.3, 0.4) is 0 Å². The Morgan fingerprint density at radius 1 is 1.25 bits per heavy atom. The predicted octanol–water partition coefficient (Wildman–Crippen LogP) is 4.51. The standard InChI is InChI=1S/C12H11F3S/c1-9(12(13,14)15)11(16-2)8-10-6-4-3-5-7-10/h3-8H,1H2,2H3/b11-8-. The molecule has 16 heavy (non-hydrogen) atoms. The molecule has 4 heteroatoms. The van der Waals surface area contributed by atoms with Crippen molar-refractivity contribution in [2.45, 2.75) is 6.18 Å². The molecular formula is C12H11F3S. The Hall–Kier alpha value is -1.16. The Morgan fingerprint density at radius 2 is 1.81 bits per heavy atom. The van der Waals surface area contributed by atoms with Crippen LogP contribution in [0, 0.1) is 0 Å². The third-order valence-corrected chi connectivity index (χ3v) is 2.76. The summed E-state index contributed by atoms with van der Waals surface area (Å²) in [4.78, 5) is 0.138. The van der Waals surface area contributed by atoms with Crippen LogP contribution in [0.2, 0.25) is 0 Å². The summed E-state index contributed by atoms with van der Waals surface area (Å²) >= 11 is 1.04. The summed E-state index contributed by atoms with van der Waals surface area (Å²) in [6.45, 7) is 3.08. The molecule has 0 heterocycles. The van der Waals surface area contributed by atoms with E-state index in [9.17, 15) is 13.2 Å². The molecule has 0 unspecified atom stereocenters. The first-order valence-corrected chi connectivity index (χ1v) is 5.75. The van der Waals surface area contributed by atoms with Gasteiger partial charge in [-0.25, -0.2) is 0 Å². The largest absolute Gasteiger partial charge is 0.416 e. The molecule has 0 bridgehead atoms. The highest BCUT2D eigenvalue weighted by Gasteiger charge is 2.33. The summed E-state index contributed by atoms with van der Waals surface area (Å²) in [5, 5.41) is 0. The number of hydrogen-bond acceptors (Lipinski definition) is 1. The van der Waals surface area contributed by atoms with Crippen molar-refractivity contribution in [3.05, 3.63) is 53.0 Å². The molecular weight excluding hydrogens is 233 g/mol. The fourth-order valence-corrected chi connectivity index (χ4v) is 1.73. The van der Waals surface area contributed by atoms with Crippen molar-refractivity contribution in [3.63, 3.8) is 0 Å². The van der Waals surface area contributed by atoms with Gasteiger partial charge in [-0.3, -0.25) is 0 Å². The van der Waals surface area contributed by atoms with E-state index in [1.54, 1.807) is 30.5 Å². The Balaban J connectivity index is 3.00. The van der Waals surface area contributed by atoms with E-state index in [2.05, 4.69) is 6.58 Å². The van der Waals surface area contributed by atoms with Crippen LogP contribution in [-0.2, 0) is 0 Å². The first kappa shape index (κ1) is 12.9. The molecule has 0 N–H and O–H groups in total. The maximum absolute atomic E-state index is 12.4. The molecule has 0 amide bonds. The van der Waals surface area contributed by atoms with Crippen LogP contribution in [0.15, 0.2) is 47.4 Å². The number of allylic oxidation sites excluding steroid dienone is 1. The van der Waals surface area contributed by atoms with Crippen molar-refractivity contribution in [3.8, 4) is 0 Å². The van der Waals surface area contributed by atoms with Crippen LogP contribution in [0.1, 0.15) is 5.56 Å². The lowest BCUT2D eigenvalue weighted by atomic mass is 10.1. The van der Waals surface area contributed by atoms with Gasteiger partial charge in [0.15, 0.2) is 0 Å². The van der Waals surface area contributed by atoms with Gasteiger partial charge in [-0.15, -0.1) is 11.8 Å². The lowest BCUT2D eigenvalue weighted by Crippen LogP contribution is -2.11. The molecule has 0 radical (unpaired) electrons. The minimum absolute atomic E-state index is 0.138. The second kappa shape index (κ2) is 5.25. The van der Waals surface area contributed by atoms with Crippen LogP contribution in [0.5, 0.6) is 0 Å². The van der Waals surface area contributed by atoms with E-state index in [1.807, 2.05) is 6.07 Å². The molecule has 0 aliphatic heterocycles. The van der Waals surface area contributed by atoms with E-state index in [1.165, 1.54) is 6.08 Å². The summed E-state index contributed by atoms with van der Waals surface area (Å²) < 4.78 is 37.3. The van der Waals surface area contributed by atoms with Crippen molar-refractivity contribution in [1.82, 2.24) is 0 Å². The average molecular weight is 244 g/mol. The van der Waals surface area contributed by atoms with Crippen LogP contribution < -0.4 is 0 Å². The minimum Gasteiger partial charge on any atom is -0.166 e. The third-order valence-electron chi connectivity index (χ3n) is 1.96. The molecule has 1 rings (SSSR count). The van der Waals surface area contributed by atoms with Crippen molar-refractivity contribution >= 4 is 17.8 Å². The van der Waals surface area contributed by atoms with Crippen LogP contribution in [0.4, 0.5) is 13.2 Å². The highest BCUT2D eigenvalue weighted by atomic mass is 32.2. The number of rotatable bonds is 3. The molecule has 0 nitrogen and oxygen atoms in total.